The Morgan fingerprint density at radius 2 is 1.95 bits per heavy atom. The molecule has 5 nitrogen and oxygen atoms in total. The Morgan fingerprint density at radius 3 is 2.35 bits per heavy atom. The zero-order valence-electron chi connectivity index (χ0n) is 12.3. The molecule has 1 aromatic rings. The molecule has 0 radical (unpaired) electrons. The molecule has 0 aliphatic heterocycles. The summed E-state index contributed by atoms with van der Waals surface area (Å²) in [6.45, 7) is 6.79. The van der Waals surface area contributed by atoms with Gasteiger partial charge in [-0.05, 0) is 37.0 Å². The fourth-order valence-corrected chi connectivity index (χ4v) is 3.05. The van der Waals surface area contributed by atoms with Gasteiger partial charge in [0, 0.05) is 6.20 Å². The van der Waals surface area contributed by atoms with Gasteiger partial charge in [-0.15, -0.1) is 0 Å². The highest BCUT2D eigenvalue weighted by Gasteiger charge is 2.31. The second-order valence-corrected chi connectivity index (χ2v) is 6.71. The predicted molar refractivity (Wildman–Crippen MR) is 75.0 cm³/mol. The number of aldehydes is 1. The molecule has 0 amide bonds. The van der Waals surface area contributed by atoms with Crippen molar-refractivity contribution >= 4 is 12.3 Å². The summed E-state index contributed by atoms with van der Waals surface area (Å²) in [7, 11) is 0. The van der Waals surface area contributed by atoms with Crippen LogP contribution < -0.4 is 0 Å². The van der Waals surface area contributed by atoms with Crippen LogP contribution in [0.1, 0.15) is 73.3 Å². The number of carbonyl (C=O) groups excluding carboxylic acids is 1. The summed E-state index contributed by atoms with van der Waals surface area (Å²) < 4.78 is 1.67. The van der Waals surface area contributed by atoms with Crippen molar-refractivity contribution in [1.82, 2.24) is 9.78 Å². The molecule has 1 aliphatic carbocycles. The van der Waals surface area contributed by atoms with Crippen molar-refractivity contribution in [3.05, 3.63) is 17.5 Å². The molecule has 0 aromatic carbocycles. The van der Waals surface area contributed by atoms with Crippen LogP contribution in [0.4, 0.5) is 0 Å². The highest BCUT2D eigenvalue weighted by atomic mass is 16.4. The Labute approximate surface area is 119 Å². The Hall–Kier alpha value is -1.65. The van der Waals surface area contributed by atoms with Gasteiger partial charge >= 0.3 is 5.97 Å². The van der Waals surface area contributed by atoms with Gasteiger partial charge in [-0.1, -0.05) is 20.8 Å². The van der Waals surface area contributed by atoms with Crippen LogP contribution in [0.2, 0.25) is 0 Å². The Kier molecular flexibility index (Phi) is 3.97. The standard InChI is InChI=1S/C15H22N2O3/c1-15(2,3)11-4-6-12(7-5-11)17-8-10(9-18)13(16-17)14(19)20/h8-9,11-12H,4-7H2,1-3H3,(H,19,20). The summed E-state index contributed by atoms with van der Waals surface area (Å²) in [6.07, 6.45) is 6.34. The zero-order valence-corrected chi connectivity index (χ0v) is 12.3. The number of hydrogen-bond acceptors (Lipinski definition) is 3. The lowest BCUT2D eigenvalue weighted by molar-refractivity contribution is 0.0685. The molecule has 5 heteroatoms. The van der Waals surface area contributed by atoms with Crippen LogP contribution in [0.3, 0.4) is 0 Å². The van der Waals surface area contributed by atoms with E-state index in [1.807, 2.05) is 0 Å². The molecule has 0 unspecified atom stereocenters. The van der Waals surface area contributed by atoms with E-state index in [1.54, 1.807) is 10.9 Å². The van der Waals surface area contributed by atoms with Gasteiger partial charge in [0.05, 0.1) is 11.6 Å². The van der Waals surface area contributed by atoms with Gasteiger partial charge in [-0.25, -0.2) is 4.79 Å². The molecule has 1 fully saturated rings. The van der Waals surface area contributed by atoms with E-state index < -0.39 is 5.97 Å². The van der Waals surface area contributed by atoms with Gasteiger partial charge in [0.15, 0.2) is 12.0 Å². The van der Waals surface area contributed by atoms with Crippen molar-refractivity contribution in [3.63, 3.8) is 0 Å². The van der Waals surface area contributed by atoms with Crippen molar-refractivity contribution in [2.75, 3.05) is 0 Å². The van der Waals surface area contributed by atoms with E-state index in [4.69, 9.17) is 5.11 Å². The van der Waals surface area contributed by atoms with Gasteiger partial charge in [0.2, 0.25) is 0 Å². The van der Waals surface area contributed by atoms with E-state index in [1.165, 1.54) is 0 Å². The summed E-state index contributed by atoms with van der Waals surface area (Å²) in [5.41, 5.74) is 0.336. The SMILES string of the molecule is CC(C)(C)C1CCC(n2cc(C=O)c(C(=O)O)n2)CC1. The summed E-state index contributed by atoms with van der Waals surface area (Å²) in [6, 6.07) is 0.209. The average Bonchev–Trinajstić information content (AvgIpc) is 2.82. The van der Waals surface area contributed by atoms with Crippen molar-refractivity contribution in [1.29, 1.82) is 0 Å². The lowest BCUT2D eigenvalue weighted by atomic mass is 9.71. The third-order valence-corrected chi connectivity index (χ3v) is 4.39. The van der Waals surface area contributed by atoms with Gasteiger partial charge in [0.25, 0.3) is 0 Å². The molecule has 110 valence electrons. The minimum Gasteiger partial charge on any atom is -0.476 e. The first-order valence-electron chi connectivity index (χ1n) is 7.10. The molecule has 1 aromatic heterocycles. The van der Waals surface area contributed by atoms with Crippen LogP contribution >= 0.6 is 0 Å². The maximum absolute atomic E-state index is 11.0. The van der Waals surface area contributed by atoms with Crippen molar-refractivity contribution < 1.29 is 14.7 Å². The summed E-state index contributed by atoms with van der Waals surface area (Å²) in [5.74, 6) is -0.451. The Bertz CT molecular complexity index is 506. The molecule has 1 N–H and O–H groups in total. The van der Waals surface area contributed by atoms with Crippen LogP contribution in [0.15, 0.2) is 6.20 Å². The monoisotopic (exact) mass is 278 g/mol. The number of hydrogen-bond donors (Lipinski definition) is 1. The van der Waals surface area contributed by atoms with E-state index in [0.29, 0.717) is 17.6 Å². The molecular weight excluding hydrogens is 256 g/mol. The van der Waals surface area contributed by atoms with Gasteiger partial charge < -0.3 is 5.11 Å². The third kappa shape index (κ3) is 2.92. The molecule has 20 heavy (non-hydrogen) atoms. The smallest absolute Gasteiger partial charge is 0.357 e. The second-order valence-electron chi connectivity index (χ2n) is 6.71. The first-order valence-corrected chi connectivity index (χ1v) is 7.10. The molecule has 1 heterocycles. The fraction of sp³-hybridized carbons (Fsp3) is 0.667. The van der Waals surface area contributed by atoms with E-state index in [0.717, 1.165) is 25.7 Å². The number of aromatic nitrogens is 2. The molecule has 0 atom stereocenters. The van der Waals surface area contributed by atoms with Crippen molar-refractivity contribution in [2.24, 2.45) is 11.3 Å². The quantitative estimate of drug-likeness (QED) is 0.862. The summed E-state index contributed by atoms with van der Waals surface area (Å²) in [5, 5.41) is 13.1. The molecular formula is C15H22N2O3. The molecule has 2 rings (SSSR count). The first kappa shape index (κ1) is 14.8. The predicted octanol–water partition coefficient (Wildman–Crippen LogP) is 3.17. The lowest BCUT2D eigenvalue weighted by Gasteiger charge is -2.37. The zero-order chi connectivity index (χ0) is 14.9. The minimum absolute atomic E-state index is 0.141. The van der Waals surface area contributed by atoms with Crippen LogP contribution in [-0.4, -0.2) is 27.1 Å². The summed E-state index contributed by atoms with van der Waals surface area (Å²) in [4.78, 5) is 21.9. The van der Waals surface area contributed by atoms with E-state index in [2.05, 4.69) is 25.9 Å². The van der Waals surface area contributed by atoms with Gasteiger partial charge in [-0.3, -0.25) is 9.48 Å². The van der Waals surface area contributed by atoms with Crippen molar-refractivity contribution in [2.45, 2.75) is 52.5 Å². The Morgan fingerprint density at radius 1 is 1.35 bits per heavy atom. The highest BCUT2D eigenvalue weighted by molar-refractivity contribution is 5.95. The molecule has 0 bridgehead atoms. The second kappa shape index (κ2) is 5.38. The number of aromatic carboxylic acids is 1. The van der Waals surface area contributed by atoms with E-state index >= 15 is 0 Å². The topological polar surface area (TPSA) is 72.2 Å². The molecule has 1 aliphatic rings. The first-order chi connectivity index (χ1) is 9.32. The van der Waals surface area contributed by atoms with E-state index in [-0.39, 0.29) is 17.3 Å². The molecule has 0 spiro atoms. The van der Waals surface area contributed by atoms with Crippen molar-refractivity contribution in [3.8, 4) is 0 Å². The third-order valence-electron chi connectivity index (χ3n) is 4.39. The van der Waals surface area contributed by atoms with E-state index in [9.17, 15) is 9.59 Å². The van der Waals surface area contributed by atoms with Gasteiger partial charge in [0.1, 0.15) is 0 Å². The number of carbonyl (C=O) groups is 2. The summed E-state index contributed by atoms with van der Waals surface area (Å²) >= 11 is 0. The lowest BCUT2D eigenvalue weighted by Crippen LogP contribution is -2.27. The largest absolute Gasteiger partial charge is 0.476 e. The average molecular weight is 278 g/mol. The maximum atomic E-state index is 11.0. The maximum Gasteiger partial charge on any atom is 0.357 e. The number of carboxylic acid groups (broad SMARTS) is 1. The molecule has 0 saturated heterocycles. The van der Waals surface area contributed by atoms with Gasteiger partial charge in [-0.2, -0.15) is 5.10 Å². The highest BCUT2D eigenvalue weighted by Crippen LogP contribution is 2.41. The van der Waals surface area contributed by atoms with Crippen LogP contribution in [0.5, 0.6) is 0 Å². The number of carboxylic acids is 1. The van der Waals surface area contributed by atoms with Crippen LogP contribution in [-0.2, 0) is 0 Å². The fourth-order valence-electron chi connectivity index (χ4n) is 3.05. The minimum atomic E-state index is -1.14. The molecule has 1 saturated carbocycles. The van der Waals surface area contributed by atoms with Crippen LogP contribution in [0.25, 0.3) is 0 Å². The number of nitrogens with zero attached hydrogens (tertiary/aromatic N) is 2. The Balaban J connectivity index is 2.11. The number of rotatable bonds is 3. The normalized spacial score (nSPS) is 23.6. The van der Waals surface area contributed by atoms with Crippen LogP contribution in [0, 0.1) is 11.3 Å².